The first-order valence-electron chi connectivity index (χ1n) is 6.28. The molecule has 2 rings (SSSR count). The van der Waals surface area contributed by atoms with Gasteiger partial charge in [0.15, 0.2) is 0 Å². The quantitative estimate of drug-likeness (QED) is 0.831. The standard InChI is InChI=1S/C15H16ClNO2S/c16-12-14-7-4-8-15(11-14)17-20(18,19)10-9-13-5-2-1-3-6-13/h1-8,11,17H,9-10,12H2. The number of rotatable bonds is 6. The molecule has 0 bridgehead atoms. The molecule has 0 saturated heterocycles. The number of benzene rings is 2. The molecule has 20 heavy (non-hydrogen) atoms. The van der Waals surface area contributed by atoms with E-state index in [1.807, 2.05) is 36.4 Å². The lowest BCUT2D eigenvalue weighted by Crippen LogP contribution is -2.18. The zero-order chi connectivity index (χ0) is 14.4. The van der Waals surface area contributed by atoms with Gasteiger partial charge >= 0.3 is 0 Å². The van der Waals surface area contributed by atoms with E-state index in [4.69, 9.17) is 11.6 Å². The summed E-state index contributed by atoms with van der Waals surface area (Å²) in [6.45, 7) is 0. The van der Waals surface area contributed by atoms with E-state index in [0.29, 0.717) is 18.0 Å². The van der Waals surface area contributed by atoms with Crippen LogP contribution in [-0.2, 0) is 22.3 Å². The summed E-state index contributed by atoms with van der Waals surface area (Å²) in [5.74, 6) is 0.418. The molecule has 0 aliphatic rings. The molecular formula is C15H16ClNO2S. The highest BCUT2D eigenvalue weighted by Gasteiger charge is 2.10. The predicted molar refractivity (Wildman–Crippen MR) is 83.6 cm³/mol. The molecule has 2 aromatic rings. The fraction of sp³-hybridized carbons (Fsp3) is 0.200. The number of alkyl halides is 1. The number of anilines is 1. The summed E-state index contributed by atoms with van der Waals surface area (Å²) in [6, 6.07) is 16.7. The molecule has 0 aromatic heterocycles. The average molecular weight is 310 g/mol. The zero-order valence-electron chi connectivity index (χ0n) is 10.9. The molecule has 0 radical (unpaired) electrons. The van der Waals surface area contributed by atoms with Crippen molar-refractivity contribution in [1.82, 2.24) is 0 Å². The van der Waals surface area contributed by atoms with Gasteiger partial charge in [0, 0.05) is 11.6 Å². The van der Waals surface area contributed by atoms with Crippen LogP contribution in [-0.4, -0.2) is 14.2 Å². The van der Waals surface area contributed by atoms with Crippen LogP contribution in [0, 0.1) is 0 Å². The van der Waals surface area contributed by atoms with Crippen molar-refractivity contribution < 1.29 is 8.42 Å². The highest BCUT2D eigenvalue weighted by Crippen LogP contribution is 2.14. The highest BCUT2D eigenvalue weighted by atomic mass is 35.5. The van der Waals surface area contributed by atoms with E-state index in [1.54, 1.807) is 18.2 Å². The van der Waals surface area contributed by atoms with E-state index in [0.717, 1.165) is 11.1 Å². The Balaban J connectivity index is 2.00. The number of hydrogen-bond acceptors (Lipinski definition) is 2. The summed E-state index contributed by atoms with van der Waals surface area (Å²) < 4.78 is 26.6. The van der Waals surface area contributed by atoms with Gasteiger partial charge in [0.2, 0.25) is 10.0 Å². The first-order valence-corrected chi connectivity index (χ1v) is 8.47. The Hall–Kier alpha value is -1.52. The minimum absolute atomic E-state index is 0.0577. The van der Waals surface area contributed by atoms with Crippen molar-refractivity contribution >= 4 is 27.3 Å². The zero-order valence-corrected chi connectivity index (χ0v) is 12.5. The Kier molecular flexibility index (Phi) is 5.04. The van der Waals surface area contributed by atoms with Crippen LogP contribution in [0.25, 0.3) is 0 Å². The van der Waals surface area contributed by atoms with Gasteiger partial charge in [0.25, 0.3) is 0 Å². The molecule has 0 heterocycles. The normalized spacial score (nSPS) is 11.2. The van der Waals surface area contributed by atoms with Gasteiger partial charge in [0.05, 0.1) is 5.75 Å². The van der Waals surface area contributed by atoms with Crippen molar-refractivity contribution in [3.8, 4) is 0 Å². The summed E-state index contributed by atoms with van der Waals surface area (Å²) in [4.78, 5) is 0. The van der Waals surface area contributed by atoms with Crippen LogP contribution in [0.5, 0.6) is 0 Å². The van der Waals surface area contributed by atoms with Gasteiger partial charge in [-0.1, -0.05) is 42.5 Å². The van der Waals surface area contributed by atoms with Gasteiger partial charge in [0.1, 0.15) is 0 Å². The Morgan fingerprint density at radius 3 is 2.35 bits per heavy atom. The lowest BCUT2D eigenvalue weighted by atomic mass is 10.2. The monoisotopic (exact) mass is 309 g/mol. The molecule has 0 aliphatic heterocycles. The van der Waals surface area contributed by atoms with Crippen molar-refractivity contribution in [3.63, 3.8) is 0 Å². The molecule has 0 fully saturated rings. The summed E-state index contributed by atoms with van der Waals surface area (Å²) in [7, 11) is -3.35. The number of halogens is 1. The second-order valence-electron chi connectivity index (χ2n) is 4.49. The summed E-state index contributed by atoms with van der Waals surface area (Å²) in [5.41, 5.74) is 2.44. The van der Waals surface area contributed by atoms with Crippen molar-refractivity contribution in [2.45, 2.75) is 12.3 Å². The van der Waals surface area contributed by atoms with Crippen LogP contribution in [0.4, 0.5) is 5.69 Å². The predicted octanol–water partition coefficient (Wildman–Crippen LogP) is 3.41. The third kappa shape index (κ3) is 4.54. The minimum Gasteiger partial charge on any atom is -0.284 e. The molecule has 5 heteroatoms. The maximum absolute atomic E-state index is 12.0. The van der Waals surface area contributed by atoms with Crippen molar-refractivity contribution in [3.05, 3.63) is 65.7 Å². The minimum atomic E-state index is -3.35. The van der Waals surface area contributed by atoms with Gasteiger partial charge in [-0.3, -0.25) is 4.72 Å². The number of sulfonamides is 1. The van der Waals surface area contributed by atoms with Crippen molar-refractivity contribution in [2.75, 3.05) is 10.5 Å². The van der Waals surface area contributed by atoms with E-state index in [2.05, 4.69) is 4.72 Å². The largest absolute Gasteiger partial charge is 0.284 e. The fourth-order valence-electron chi connectivity index (χ4n) is 1.85. The highest BCUT2D eigenvalue weighted by molar-refractivity contribution is 7.92. The van der Waals surface area contributed by atoms with Crippen LogP contribution in [0.3, 0.4) is 0 Å². The third-order valence-electron chi connectivity index (χ3n) is 2.86. The maximum atomic E-state index is 12.0. The molecule has 1 N–H and O–H groups in total. The van der Waals surface area contributed by atoms with Crippen molar-refractivity contribution in [2.24, 2.45) is 0 Å². The Bertz CT molecular complexity index is 657. The topological polar surface area (TPSA) is 46.2 Å². The summed E-state index contributed by atoms with van der Waals surface area (Å²) >= 11 is 5.73. The summed E-state index contributed by atoms with van der Waals surface area (Å²) in [5, 5.41) is 0. The molecule has 0 atom stereocenters. The number of hydrogen-bond donors (Lipinski definition) is 1. The fourth-order valence-corrected chi connectivity index (χ4v) is 3.10. The Labute approximate surface area is 124 Å². The molecule has 0 spiro atoms. The van der Waals surface area contributed by atoms with Crippen LogP contribution in [0.15, 0.2) is 54.6 Å². The summed E-state index contributed by atoms with van der Waals surface area (Å²) in [6.07, 6.45) is 0.491. The molecule has 3 nitrogen and oxygen atoms in total. The van der Waals surface area contributed by atoms with Gasteiger partial charge in [-0.25, -0.2) is 8.42 Å². The van der Waals surface area contributed by atoms with Crippen LogP contribution in [0.2, 0.25) is 0 Å². The average Bonchev–Trinajstić information content (AvgIpc) is 2.46. The van der Waals surface area contributed by atoms with Gasteiger partial charge < -0.3 is 0 Å². The molecular weight excluding hydrogens is 294 g/mol. The lowest BCUT2D eigenvalue weighted by molar-refractivity contribution is 0.600. The van der Waals surface area contributed by atoms with E-state index in [1.165, 1.54) is 0 Å². The number of nitrogens with one attached hydrogen (secondary N) is 1. The molecule has 0 saturated carbocycles. The van der Waals surface area contributed by atoms with Gasteiger partial charge in [-0.05, 0) is 29.7 Å². The first-order chi connectivity index (χ1) is 9.59. The third-order valence-corrected chi connectivity index (χ3v) is 4.45. The molecule has 2 aromatic carbocycles. The smallest absolute Gasteiger partial charge is 0.233 e. The first kappa shape index (κ1) is 14.9. The van der Waals surface area contributed by atoms with Gasteiger partial charge in [-0.15, -0.1) is 11.6 Å². The van der Waals surface area contributed by atoms with E-state index in [-0.39, 0.29) is 5.75 Å². The van der Waals surface area contributed by atoms with E-state index < -0.39 is 10.0 Å². The second-order valence-corrected chi connectivity index (χ2v) is 6.60. The number of aryl methyl sites for hydroxylation is 1. The Morgan fingerprint density at radius 2 is 1.65 bits per heavy atom. The second kappa shape index (κ2) is 6.77. The van der Waals surface area contributed by atoms with E-state index >= 15 is 0 Å². The van der Waals surface area contributed by atoms with Crippen LogP contribution < -0.4 is 4.72 Å². The SMILES string of the molecule is O=S(=O)(CCc1ccccc1)Nc1cccc(CCl)c1. The molecule has 0 amide bonds. The molecule has 106 valence electrons. The molecule has 0 unspecified atom stereocenters. The maximum Gasteiger partial charge on any atom is 0.233 e. The van der Waals surface area contributed by atoms with Crippen LogP contribution in [0.1, 0.15) is 11.1 Å². The lowest BCUT2D eigenvalue weighted by Gasteiger charge is -2.09. The Morgan fingerprint density at radius 1 is 0.950 bits per heavy atom. The van der Waals surface area contributed by atoms with Gasteiger partial charge in [-0.2, -0.15) is 0 Å². The van der Waals surface area contributed by atoms with Crippen LogP contribution >= 0.6 is 11.6 Å². The van der Waals surface area contributed by atoms with E-state index in [9.17, 15) is 8.42 Å². The molecule has 0 aliphatic carbocycles. The van der Waals surface area contributed by atoms with Crippen molar-refractivity contribution in [1.29, 1.82) is 0 Å².